The van der Waals surface area contributed by atoms with Gasteiger partial charge < -0.3 is 10.4 Å². The average molecular weight is 267 g/mol. The van der Waals surface area contributed by atoms with E-state index in [0.29, 0.717) is 12.0 Å². The van der Waals surface area contributed by atoms with Crippen LogP contribution in [-0.2, 0) is 4.79 Å². The normalized spacial score (nSPS) is 25.7. The molecule has 1 aliphatic rings. The van der Waals surface area contributed by atoms with Crippen LogP contribution in [0.3, 0.4) is 0 Å². The van der Waals surface area contributed by atoms with E-state index in [1.807, 2.05) is 23.8 Å². The van der Waals surface area contributed by atoms with Gasteiger partial charge in [-0.2, -0.15) is 11.3 Å². The Kier molecular flexibility index (Phi) is 4.78. The van der Waals surface area contributed by atoms with Gasteiger partial charge >= 0.3 is 0 Å². The first-order valence-corrected chi connectivity index (χ1v) is 7.58. The Morgan fingerprint density at radius 1 is 1.50 bits per heavy atom. The molecule has 1 amide bonds. The highest BCUT2D eigenvalue weighted by atomic mass is 32.1. The molecule has 1 unspecified atom stereocenters. The van der Waals surface area contributed by atoms with Crippen molar-refractivity contribution in [2.75, 3.05) is 6.61 Å². The van der Waals surface area contributed by atoms with E-state index in [1.165, 1.54) is 0 Å². The predicted octanol–water partition coefficient (Wildman–Crippen LogP) is 2.52. The van der Waals surface area contributed by atoms with Crippen LogP contribution in [0.25, 0.3) is 0 Å². The fraction of sp³-hybridized carbons (Fsp3) is 0.643. The number of carbonyl (C=O) groups excluding carboxylic acids is 1. The van der Waals surface area contributed by atoms with Gasteiger partial charge in [0, 0.05) is 12.6 Å². The third kappa shape index (κ3) is 3.33. The van der Waals surface area contributed by atoms with Crippen molar-refractivity contribution in [3.63, 3.8) is 0 Å². The molecule has 4 heteroatoms. The third-order valence-electron chi connectivity index (χ3n) is 3.89. The van der Waals surface area contributed by atoms with Crippen molar-refractivity contribution < 1.29 is 9.90 Å². The van der Waals surface area contributed by atoms with Gasteiger partial charge in [-0.3, -0.25) is 4.79 Å². The van der Waals surface area contributed by atoms with Crippen molar-refractivity contribution in [2.45, 2.75) is 44.6 Å². The summed E-state index contributed by atoms with van der Waals surface area (Å²) < 4.78 is 0. The van der Waals surface area contributed by atoms with Crippen LogP contribution in [-0.4, -0.2) is 23.7 Å². The molecular weight excluding hydrogens is 246 g/mol. The zero-order valence-corrected chi connectivity index (χ0v) is 11.6. The number of carbonyl (C=O) groups is 1. The Morgan fingerprint density at radius 2 is 2.22 bits per heavy atom. The number of hydrogen-bond acceptors (Lipinski definition) is 3. The largest absolute Gasteiger partial charge is 0.396 e. The maximum absolute atomic E-state index is 12.1. The van der Waals surface area contributed by atoms with Gasteiger partial charge in [-0.15, -0.1) is 0 Å². The van der Waals surface area contributed by atoms with Crippen molar-refractivity contribution in [2.24, 2.45) is 5.92 Å². The first-order valence-electron chi connectivity index (χ1n) is 6.64. The van der Waals surface area contributed by atoms with Crippen LogP contribution >= 0.6 is 11.3 Å². The fourth-order valence-corrected chi connectivity index (χ4v) is 3.24. The molecule has 1 aromatic rings. The van der Waals surface area contributed by atoms with Crippen LogP contribution in [0.1, 0.15) is 44.1 Å². The summed E-state index contributed by atoms with van der Waals surface area (Å²) in [5, 5.41) is 16.3. The Balaban J connectivity index is 1.81. The molecule has 0 spiro atoms. The lowest BCUT2D eigenvalue weighted by Crippen LogP contribution is -2.40. The molecule has 0 saturated heterocycles. The van der Waals surface area contributed by atoms with Gasteiger partial charge in [0.15, 0.2) is 0 Å². The Labute approximate surface area is 112 Å². The molecule has 1 heterocycles. The Morgan fingerprint density at radius 3 is 2.78 bits per heavy atom. The summed E-state index contributed by atoms with van der Waals surface area (Å²) in [7, 11) is 0. The number of hydrogen-bond donors (Lipinski definition) is 2. The van der Waals surface area contributed by atoms with Crippen LogP contribution in [0.2, 0.25) is 0 Å². The predicted molar refractivity (Wildman–Crippen MR) is 73.7 cm³/mol. The number of thiophene rings is 1. The van der Waals surface area contributed by atoms with Crippen molar-refractivity contribution in [1.82, 2.24) is 5.32 Å². The van der Waals surface area contributed by atoms with Gasteiger partial charge in [-0.1, -0.05) is 0 Å². The van der Waals surface area contributed by atoms with Crippen LogP contribution in [0.5, 0.6) is 0 Å². The van der Waals surface area contributed by atoms with E-state index < -0.39 is 0 Å². The summed E-state index contributed by atoms with van der Waals surface area (Å²) in [6.45, 7) is 2.24. The van der Waals surface area contributed by atoms with Gasteiger partial charge in [0.1, 0.15) is 0 Å². The Hall–Kier alpha value is -0.870. The van der Waals surface area contributed by atoms with E-state index in [2.05, 4.69) is 5.32 Å². The highest BCUT2D eigenvalue weighted by molar-refractivity contribution is 7.08. The van der Waals surface area contributed by atoms with Crippen LogP contribution in [0.15, 0.2) is 16.8 Å². The van der Waals surface area contributed by atoms with Gasteiger partial charge in [0.2, 0.25) is 5.91 Å². The molecule has 1 saturated carbocycles. The zero-order chi connectivity index (χ0) is 13.0. The van der Waals surface area contributed by atoms with Crippen molar-refractivity contribution >= 4 is 17.2 Å². The van der Waals surface area contributed by atoms with Gasteiger partial charge in [0.25, 0.3) is 0 Å². The molecule has 3 nitrogen and oxygen atoms in total. The number of amides is 1. The molecule has 1 atom stereocenters. The first-order chi connectivity index (χ1) is 8.70. The standard InChI is InChI=1S/C14H21NO2S/c1-10(12-6-7-18-9-12)14(17)15-13-4-2-11(8-16)3-5-13/h6-7,9-11,13,16H,2-5,8H2,1H3,(H,15,17). The lowest BCUT2D eigenvalue weighted by atomic mass is 9.86. The lowest BCUT2D eigenvalue weighted by molar-refractivity contribution is -0.123. The third-order valence-corrected chi connectivity index (χ3v) is 4.59. The van der Waals surface area contributed by atoms with Crippen LogP contribution in [0, 0.1) is 5.92 Å². The van der Waals surface area contributed by atoms with E-state index >= 15 is 0 Å². The summed E-state index contributed by atoms with van der Waals surface area (Å²) in [6, 6.07) is 2.30. The zero-order valence-electron chi connectivity index (χ0n) is 10.8. The summed E-state index contributed by atoms with van der Waals surface area (Å²) >= 11 is 1.63. The molecule has 2 rings (SSSR count). The molecule has 1 aromatic heterocycles. The molecule has 100 valence electrons. The average Bonchev–Trinajstić information content (AvgIpc) is 2.92. The maximum atomic E-state index is 12.1. The van der Waals surface area contributed by atoms with Crippen molar-refractivity contribution in [1.29, 1.82) is 0 Å². The topological polar surface area (TPSA) is 49.3 Å². The van der Waals surface area contributed by atoms with Gasteiger partial charge in [0.05, 0.1) is 5.92 Å². The number of aliphatic hydroxyl groups is 1. The summed E-state index contributed by atoms with van der Waals surface area (Å²) in [6.07, 6.45) is 4.03. The van der Waals surface area contributed by atoms with Crippen LogP contribution in [0.4, 0.5) is 0 Å². The van der Waals surface area contributed by atoms with Crippen LogP contribution < -0.4 is 5.32 Å². The number of aliphatic hydroxyl groups excluding tert-OH is 1. The molecule has 0 aromatic carbocycles. The van der Waals surface area contributed by atoms with Gasteiger partial charge in [-0.05, 0) is 60.9 Å². The molecule has 1 fully saturated rings. The molecule has 18 heavy (non-hydrogen) atoms. The SMILES string of the molecule is CC(C(=O)NC1CCC(CO)CC1)c1ccsc1. The van der Waals surface area contributed by atoms with E-state index in [1.54, 1.807) is 11.3 Å². The second-order valence-corrected chi connectivity index (χ2v) is 5.97. The van der Waals surface area contributed by atoms with Crippen molar-refractivity contribution in [3.8, 4) is 0 Å². The van der Waals surface area contributed by atoms with Crippen molar-refractivity contribution in [3.05, 3.63) is 22.4 Å². The molecule has 0 bridgehead atoms. The fourth-order valence-electron chi connectivity index (χ4n) is 2.49. The molecule has 0 radical (unpaired) electrons. The minimum atomic E-state index is -0.0631. The minimum absolute atomic E-state index is 0.0631. The van der Waals surface area contributed by atoms with Gasteiger partial charge in [-0.25, -0.2) is 0 Å². The first kappa shape index (κ1) is 13.6. The number of rotatable bonds is 4. The molecule has 0 aliphatic heterocycles. The lowest BCUT2D eigenvalue weighted by Gasteiger charge is -2.28. The second-order valence-electron chi connectivity index (χ2n) is 5.19. The molecular formula is C14H21NO2S. The minimum Gasteiger partial charge on any atom is -0.396 e. The monoisotopic (exact) mass is 267 g/mol. The molecule has 2 N–H and O–H groups in total. The smallest absolute Gasteiger partial charge is 0.227 e. The molecule has 1 aliphatic carbocycles. The second kappa shape index (κ2) is 6.34. The highest BCUT2D eigenvalue weighted by Crippen LogP contribution is 2.25. The highest BCUT2D eigenvalue weighted by Gasteiger charge is 2.24. The summed E-state index contributed by atoms with van der Waals surface area (Å²) in [5.74, 6) is 0.500. The quantitative estimate of drug-likeness (QED) is 0.880. The summed E-state index contributed by atoms with van der Waals surface area (Å²) in [5.41, 5.74) is 1.10. The van der Waals surface area contributed by atoms with E-state index in [4.69, 9.17) is 5.11 Å². The number of nitrogens with one attached hydrogen (secondary N) is 1. The van der Waals surface area contributed by atoms with E-state index in [-0.39, 0.29) is 18.4 Å². The van der Waals surface area contributed by atoms with E-state index in [9.17, 15) is 4.79 Å². The maximum Gasteiger partial charge on any atom is 0.227 e. The summed E-state index contributed by atoms with van der Waals surface area (Å²) in [4.78, 5) is 12.1. The Bertz CT molecular complexity index is 369. The van der Waals surface area contributed by atoms with E-state index in [0.717, 1.165) is 31.2 Å².